The summed E-state index contributed by atoms with van der Waals surface area (Å²) in [4.78, 5) is -0.0948. The first-order valence-electron chi connectivity index (χ1n) is 6.54. The quantitative estimate of drug-likeness (QED) is 0.720. The number of benzene rings is 1. The number of hydrogen-bond acceptors (Lipinski definition) is 5. The summed E-state index contributed by atoms with van der Waals surface area (Å²) in [6, 6.07) is 9.18. The van der Waals surface area contributed by atoms with Crippen molar-refractivity contribution in [1.29, 1.82) is 0 Å². The molecule has 2 N–H and O–H groups in total. The molecule has 2 aromatic rings. The highest BCUT2D eigenvalue weighted by molar-refractivity contribution is 7.90. The van der Waals surface area contributed by atoms with Gasteiger partial charge in [-0.3, -0.25) is 0 Å². The molecule has 1 heterocycles. The van der Waals surface area contributed by atoms with Gasteiger partial charge in [-0.1, -0.05) is 23.7 Å². The Kier molecular flexibility index (Phi) is 5.82. The van der Waals surface area contributed by atoms with Crippen LogP contribution in [-0.2, 0) is 26.6 Å². The molecule has 0 aliphatic rings. The molecule has 0 saturated heterocycles. The zero-order valence-electron chi connectivity index (χ0n) is 11.9. The highest BCUT2D eigenvalue weighted by Crippen LogP contribution is 2.19. The third kappa shape index (κ3) is 5.33. The summed E-state index contributed by atoms with van der Waals surface area (Å²) in [6.45, 7) is -0.270. The summed E-state index contributed by atoms with van der Waals surface area (Å²) in [5.74, 6) is 0.0578. The molecular weight excluding hydrogens is 364 g/mol. The molecule has 0 spiro atoms. The third-order valence-corrected chi connectivity index (χ3v) is 6.12. The minimum atomic E-state index is -3.86. The predicted octanol–water partition coefficient (Wildman–Crippen LogP) is 1.33. The van der Waals surface area contributed by atoms with Crippen molar-refractivity contribution in [3.63, 3.8) is 0 Å². The van der Waals surface area contributed by atoms with Gasteiger partial charge in [-0.25, -0.2) is 26.3 Å². The average Bonchev–Trinajstić information content (AvgIpc) is 2.98. The van der Waals surface area contributed by atoms with Gasteiger partial charge in [0.1, 0.15) is 10.7 Å². The Labute approximate surface area is 139 Å². The number of nitrogens with one attached hydrogen (secondary N) is 2. The summed E-state index contributed by atoms with van der Waals surface area (Å²) in [7, 11) is -7.51. The molecule has 10 heteroatoms. The van der Waals surface area contributed by atoms with E-state index in [4.69, 9.17) is 16.0 Å². The van der Waals surface area contributed by atoms with Crippen LogP contribution in [0, 0.1) is 0 Å². The topological polar surface area (TPSA) is 105 Å². The molecule has 0 bridgehead atoms. The third-order valence-electron chi connectivity index (χ3n) is 2.84. The Morgan fingerprint density at radius 2 is 1.74 bits per heavy atom. The van der Waals surface area contributed by atoms with Crippen molar-refractivity contribution >= 4 is 31.6 Å². The van der Waals surface area contributed by atoms with Crippen molar-refractivity contribution in [3.8, 4) is 0 Å². The Balaban J connectivity index is 1.89. The van der Waals surface area contributed by atoms with Gasteiger partial charge in [-0.2, -0.15) is 0 Å². The fourth-order valence-corrected chi connectivity index (χ4v) is 4.27. The molecule has 0 saturated carbocycles. The lowest BCUT2D eigenvalue weighted by atomic mass is 10.4. The van der Waals surface area contributed by atoms with Crippen LogP contribution < -0.4 is 9.44 Å². The Hall–Kier alpha value is -1.39. The van der Waals surface area contributed by atoms with Gasteiger partial charge < -0.3 is 4.42 Å². The number of hydrogen-bond donors (Lipinski definition) is 2. The molecule has 0 radical (unpaired) electrons. The van der Waals surface area contributed by atoms with Crippen molar-refractivity contribution in [2.75, 3.05) is 12.3 Å². The van der Waals surface area contributed by atoms with Gasteiger partial charge in [0.15, 0.2) is 0 Å². The van der Waals surface area contributed by atoms with E-state index in [0.29, 0.717) is 5.76 Å². The van der Waals surface area contributed by atoms with E-state index in [0.717, 1.165) is 0 Å². The molecule has 1 aromatic carbocycles. The van der Waals surface area contributed by atoms with E-state index in [1.54, 1.807) is 18.2 Å². The molecule has 7 nitrogen and oxygen atoms in total. The summed E-state index contributed by atoms with van der Waals surface area (Å²) in [5.41, 5.74) is 0. The zero-order valence-corrected chi connectivity index (χ0v) is 14.3. The Bertz CT molecular complexity index is 848. The number of halogens is 1. The minimum Gasteiger partial charge on any atom is -0.468 e. The summed E-state index contributed by atoms with van der Waals surface area (Å²) in [5, 5.41) is 0.0683. The largest absolute Gasteiger partial charge is 0.468 e. The second-order valence-electron chi connectivity index (χ2n) is 4.55. The van der Waals surface area contributed by atoms with E-state index in [9.17, 15) is 16.8 Å². The lowest BCUT2D eigenvalue weighted by Gasteiger charge is -2.09. The maximum absolute atomic E-state index is 12.1. The van der Waals surface area contributed by atoms with Crippen LogP contribution in [0.25, 0.3) is 0 Å². The van der Waals surface area contributed by atoms with Crippen molar-refractivity contribution in [2.24, 2.45) is 0 Å². The monoisotopic (exact) mass is 378 g/mol. The molecule has 0 unspecified atom stereocenters. The summed E-state index contributed by atoms with van der Waals surface area (Å²) < 4.78 is 57.3. The summed E-state index contributed by atoms with van der Waals surface area (Å²) >= 11 is 5.82. The molecule has 0 aliphatic carbocycles. The van der Waals surface area contributed by atoms with E-state index in [1.165, 1.54) is 24.5 Å². The van der Waals surface area contributed by atoms with E-state index in [2.05, 4.69) is 9.44 Å². The van der Waals surface area contributed by atoms with Crippen molar-refractivity contribution in [2.45, 2.75) is 11.4 Å². The fraction of sp³-hybridized carbons (Fsp3) is 0.231. The zero-order chi connectivity index (χ0) is 16.9. The van der Waals surface area contributed by atoms with Crippen LogP contribution in [0.15, 0.2) is 52.0 Å². The maximum atomic E-state index is 12.1. The van der Waals surface area contributed by atoms with Crippen LogP contribution in [-0.4, -0.2) is 29.1 Å². The normalized spacial score (nSPS) is 12.4. The van der Waals surface area contributed by atoms with E-state index >= 15 is 0 Å². The van der Waals surface area contributed by atoms with Crippen LogP contribution in [0.4, 0.5) is 0 Å². The van der Waals surface area contributed by atoms with Crippen molar-refractivity contribution in [3.05, 3.63) is 53.4 Å². The van der Waals surface area contributed by atoms with Gasteiger partial charge in [0.2, 0.25) is 20.0 Å². The first-order valence-corrected chi connectivity index (χ1v) is 10.1. The average molecular weight is 379 g/mol. The molecule has 0 fully saturated rings. The molecule has 0 amide bonds. The smallest absolute Gasteiger partial charge is 0.242 e. The first-order chi connectivity index (χ1) is 10.8. The van der Waals surface area contributed by atoms with E-state index in [1.807, 2.05) is 0 Å². The van der Waals surface area contributed by atoms with Crippen LogP contribution in [0.2, 0.25) is 5.02 Å². The minimum absolute atomic E-state index is 0.00654. The van der Waals surface area contributed by atoms with Crippen molar-refractivity contribution < 1.29 is 21.3 Å². The Morgan fingerprint density at radius 3 is 2.39 bits per heavy atom. The lowest BCUT2D eigenvalue weighted by Crippen LogP contribution is -2.34. The maximum Gasteiger partial charge on any atom is 0.242 e. The lowest BCUT2D eigenvalue weighted by molar-refractivity contribution is 0.498. The number of furan rings is 1. The molecule has 0 atom stereocenters. The standard InChI is InChI=1S/C13H15ClN2O5S2/c14-12-5-1-2-6-13(12)23(19,20)15-7-9-22(17,18)16-10-11-4-3-8-21-11/h1-6,8,15-16H,7,9-10H2. The van der Waals surface area contributed by atoms with Gasteiger partial charge in [-0.15, -0.1) is 0 Å². The van der Waals surface area contributed by atoms with Crippen molar-refractivity contribution in [1.82, 2.24) is 9.44 Å². The van der Waals surface area contributed by atoms with Crippen LogP contribution in [0.3, 0.4) is 0 Å². The van der Waals surface area contributed by atoms with Gasteiger partial charge in [0.05, 0.1) is 23.6 Å². The van der Waals surface area contributed by atoms with Gasteiger partial charge in [0, 0.05) is 6.54 Å². The number of sulfonamides is 2. The molecular formula is C13H15ClN2O5S2. The van der Waals surface area contributed by atoms with Gasteiger partial charge in [-0.05, 0) is 24.3 Å². The second kappa shape index (κ2) is 7.45. The Morgan fingerprint density at radius 1 is 1.00 bits per heavy atom. The van der Waals surface area contributed by atoms with Gasteiger partial charge in [0.25, 0.3) is 0 Å². The first kappa shape index (κ1) is 18.0. The van der Waals surface area contributed by atoms with Gasteiger partial charge >= 0.3 is 0 Å². The molecule has 1 aromatic heterocycles. The SMILES string of the molecule is O=S(=O)(CCNS(=O)(=O)c1ccccc1Cl)NCc1ccco1. The fourth-order valence-electron chi connectivity index (χ4n) is 1.72. The summed E-state index contributed by atoms with van der Waals surface area (Å²) in [6.07, 6.45) is 1.43. The van der Waals surface area contributed by atoms with Crippen LogP contribution in [0.5, 0.6) is 0 Å². The van der Waals surface area contributed by atoms with Crippen LogP contribution in [0.1, 0.15) is 5.76 Å². The molecule has 126 valence electrons. The molecule has 0 aliphatic heterocycles. The molecule has 2 rings (SSSR count). The second-order valence-corrected chi connectivity index (χ2v) is 8.62. The number of rotatable bonds is 8. The molecule has 23 heavy (non-hydrogen) atoms. The van der Waals surface area contributed by atoms with E-state index < -0.39 is 25.8 Å². The predicted molar refractivity (Wildman–Crippen MR) is 86.0 cm³/mol. The highest BCUT2D eigenvalue weighted by atomic mass is 35.5. The van der Waals surface area contributed by atoms with Crippen LogP contribution >= 0.6 is 11.6 Å². The highest BCUT2D eigenvalue weighted by Gasteiger charge is 2.18. The van der Waals surface area contributed by atoms with E-state index in [-0.39, 0.29) is 23.0 Å².